The van der Waals surface area contributed by atoms with E-state index in [-0.39, 0.29) is 12.5 Å². The van der Waals surface area contributed by atoms with Crippen LogP contribution in [-0.2, 0) is 4.79 Å². The number of anilines is 1. The highest BCUT2D eigenvalue weighted by molar-refractivity contribution is 5.77. The van der Waals surface area contributed by atoms with Crippen LogP contribution in [0, 0.1) is 5.92 Å². The molecule has 1 aliphatic rings. The number of hydrogen-bond donors (Lipinski definition) is 2. The zero-order chi connectivity index (χ0) is 13.7. The van der Waals surface area contributed by atoms with Crippen molar-refractivity contribution in [2.75, 3.05) is 39.0 Å². The number of ether oxygens (including phenoxy) is 1. The van der Waals surface area contributed by atoms with Crippen molar-refractivity contribution < 1.29 is 9.53 Å². The van der Waals surface area contributed by atoms with Crippen molar-refractivity contribution in [2.45, 2.75) is 6.42 Å². The molecule has 1 atom stereocenters. The van der Waals surface area contributed by atoms with E-state index < -0.39 is 0 Å². The fourth-order valence-corrected chi connectivity index (χ4v) is 2.26. The molecule has 2 rings (SSSR count). The van der Waals surface area contributed by atoms with Crippen LogP contribution >= 0.6 is 0 Å². The number of hydrogen-bond acceptors (Lipinski definition) is 4. The summed E-state index contributed by atoms with van der Waals surface area (Å²) in [6, 6.07) is 7.17. The maximum atomic E-state index is 11.7. The van der Waals surface area contributed by atoms with E-state index >= 15 is 0 Å². The Balaban J connectivity index is 1.69. The summed E-state index contributed by atoms with van der Waals surface area (Å²) >= 11 is 0. The van der Waals surface area contributed by atoms with Gasteiger partial charge in [0.05, 0.1) is 5.69 Å². The molecule has 104 valence electrons. The van der Waals surface area contributed by atoms with Crippen LogP contribution in [0.4, 0.5) is 5.69 Å². The predicted molar refractivity (Wildman–Crippen MR) is 75.0 cm³/mol. The lowest BCUT2D eigenvalue weighted by Gasteiger charge is -2.12. The van der Waals surface area contributed by atoms with Crippen LogP contribution in [0.25, 0.3) is 0 Å². The van der Waals surface area contributed by atoms with Gasteiger partial charge in [-0.2, -0.15) is 0 Å². The third kappa shape index (κ3) is 4.13. The molecular weight excluding hydrogens is 242 g/mol. The first-order chi connectivity index (χ1) is 9.15. The average Bonchev–Trinajstić information content (AvgIpc) is 2.81. The minimum absolute atomic E-state index is 0.0107. The number of nitrogens with zero attached hydrogens (tertiary/aromatic N) is 1. The van der Waals surface area contributed by atoms with E-state index in [4.69, 9.17) is 10.5 Å². The van der Waals surface area contributed by atoms with Gasteiger partial charge >= 0.3 is 0 Å². The van der Waals surface area contributed by atoms with Crippen LogP contribution in [0.3, 0.4) is 0 Å². The molecule has 0 aliphatic carbocycles. The van der Waals surface area contributed by atoms with Gasteiger partial charge in [0, 0.05) is 13.1 Å². The van der Waals surface area contributed by atoms with Crippen molar-refractivity contribution in [3.63, 3.8) is 0 Å². The summed E-state index contributed by atoms with van der Waals surface area (Å²) in [7, 11) is 2.10. The third-order valence-corrected chi connectivity index (χ3v) is 3.35. The number of carbonyl (C=O) groups excluding carboxylic acids is 1. The predicted octanol–water partition coefficient (Wildman–Crippen LogP) is 0.716. The maximum absolute atomic E-state index is 11.7. The molecule has 1 aromatic rings. The number of likely N-dealkylation sites (tertiary alicyclic amines) is 1. The van der Waals surface area contributed by atoms with E-state index in [2.05, 4.69) is 17.3 Å². The molecule has 5 nitrogen and oxygen atoms in total. The summed E-state index contributed by atoms with van der Waals surface area (Å²) in [4.78, 5) is 14.0. The number of nitrogen functional groups attached to an aromatic ring is 1. The molecule has 1 heterocycles. The quantitative estimate of drug-likeness (QED) is 0.768. The maximum Gasteiger partial charge on any atom is 0.257 e. The van der Waals surface area contributed by atoms with Crippen LogP contribution in [0.5, 0.6) is 5.75 Å². The lowest BCUT2D eigenvalue weighted by molar-refractivity contribution is -0.123. The molecule has 1 unspecified atom stereocenters. The average molecular weight is 263 g/mol. The van der Waals surface area contributed by atoms with Crippen molar-refractivity contribution in [1.29, 1.82) is 0 Å². The van der Waals surface area contributed by atoms with E-state index in [1.165, 1.54) is 0 Å². The first-order valence-electron chi connectivity index (χ1n) is 6.57. The third-order valence-electron chi connectivity index (χ3n) is 3.35. The fourth-order valence-electron chi connectivity index (χ4n) is 2.26. The van der Waals surface area contributed by atoms with Gasteiger partial charge in [-0.15, -0.1) is 0 Å². The monoisotopic (exact) mass is 263 g/mol. The smallest absolute Gasteiger partial charge is 0.257 e. The zero-order valence-corrected chi connectivity index (χ0v) is 11.3. The highest BCUT2D eigenvalue weighted by Crippen LogP contribution is 2.19. The molecule has 0 spiro atoms. The summed E-state index contributed by atoms with van der Waals surface area (Å²) in [5.41, 5.74) is 6.28. The first kappa shape index (κ1) is 13.7. The minimum atomic E-state index is -0.0993. The Kier molecular flexibility index (Phi) is 4.63. The number of rotatable bonds is 5. The van der Waals surface area contributed by atoms with Crippen LogP contribution in [0.2, 0.25) is 0 Å². The topological polar surface area (TPSA) is 67.6 Å². The minimum Gasteiger partial charge on any atom is -0.482 e. The summed E-state index contributed by atoms with van der Waals surface area (Å²) in [6.45, 7) is 2.89. The van der Waals surface area contributed by atoms with Crippen LogP contribution in [0.1, 0.15) is 6.42 Å². The van der Waals surface area contributed by atoms with Crippen LogP contribution < -0.4 is 15.8 Å². The van der Waals surface area contributed by atoms with Crippen molar-refractivity contribution in [3.8, 4) is 5.75 Å². The van der Waals surface area contributed by atoms with Gasteiger partial charge in [0.2, 0.25) is 0 Å². The van der Waals surface area contributed by atoms with Gasteiger partial charge in [-0.05, 0) is 38.1 Å². The van der Waals surface area contributed by atoms with Crippen molar-refractivity contribution >= 4 is 11.6 Å². The first-order valence-corrected chi connectivity index (χ1v) is 6.57. The van der Waals surface area contributed by atoms with Gasteiger partial charge in [0.25, 0.3) is 5.91 Å². The Bertz CT molecular complexity index is 436. The van der Waals surface area contributed by atoms with Gasteiger partial charge in [0.15, 0.2) is 6.61 Å². The summed E-state index contributed by atoms with van der Waals surface area (Å²) < 4.78 is 5.39. The van der Waals surface area contributed by atoms with E-state index in [9.17, 15) is 4.79 Å². The molecular formula is C14H21N3O2. The molecule has 0 aromatic heterocycles. The summed E-state index contributed by atoms with van der Waals surface area (Å²) in [5.74, 6) is 1.01. The molecule has 3 N–H and O–H groups in total. The summed E-state index contributed by atoms with van der Waals surface area (Å²) in [5, 5.41) is 2.90. The number of nitrogens with one attached hydrogen (secondary N) is 1. The standard InChI is InChI=1S/C14H21N3O2/c1-17-7-6-11(9-17)8-16-14(18)10-19-13-5-3-2-4-12(13)15/h2-5,11H,6-10,15H2,1H3,(H,16,18). The van der Waals surface area contributed by atoms with Crippen molar-refractivity contribution in [3.05, 3.63) is 24.3 Å². The number of nitrogens with two attached hydrogens (primary N) is 1. The molecule has 5 heteroatoms. The zero-order valence-electron chi connectivity index (χ0n) is 11.3. The molecule has 1 fully saturated rings. The second kappa shape index (κ2) is 6.43. The Hall–Kier alpha value is -1.75. The molecule has 0 bridgehead atoms. The molecule has 0 radical (unpaired) electrons. The van der Waals surface area contributed by atoms with Crippen LogP contribution in [0.15, 0.2) is 24.3 Å². The van der Waals surface area contributed by atoms with E-state index in [0.29, 0.717) is 17.4 Å². The Morgan fingerprint density at radius 1 is 1.53 bits per heavy atom. The Morgan fingerprint density at radius 2 is 2.32 bits per heavy atom. The number of para-hydroxylation sites is 2. The Morgan fingerprint density at radius 3 is 3.00 bits per heavy atom. The Labute approximate surface area is 113 Å². The van der Waals surface area contributed by atoms with Gasteiger partial charge in [0.1, 0.15) is 5.75 Å². The number of benzene rings is 1. The van der Waals surface area contributed by atoms with Crippen molar-refractivity contribution in [2.24, 2.45) is 5.92 Å². The van der Waals surface area contributed by atoms with Gasteiger partial charge in [-0.3, -0.25) is 4.79 Å². The highest BCUT2D eigenvalue weighted by atomic mass is 16.5. The molecule has 1 amide bonds. The van der Waals surface area contributed by atoms with E-state index in [1.807, 2.05) is 12.1 Å². The van der Waals surface area contributed by atoms with E-state index in [1.54, 1.807) is 12.1 Å². The molecule has 0 saturated carbocycles. The van der Waals surface area contributed by atoms with Gasteiger partial charge in [-0.25, -0.2) is 0 Å². The van der Waals surface area contributed by atoms with Crippen molar-refractivity contribution in [1.82, 2.24) is 10.2 Å². The van der Waals surface area contributed by atoms with Gasteiger partial charge in [-0.1, -0.05) is 12.1 Å². The SMILES string of the molecule is CN1CCC(CNC(=O)COc2ccccc2N)C1. The fraction of sp³-hybridized carbons (Fsp3) is 0.500. The molecule has 1 aliphatic heterocycles. The highest BCUT2D eigenvalue weighted by Gasteiger charge is 2.19. The molecule has 1 aromatic carbocycles. The molecule has 19 heavy (non-hydrogen) atoms. The molecule has 1 saturated heterocycles. The summed E-state index contributed by atoms with van der Waals surface area (Å²) in [6.07, 6.45) is 1.14. The normalized spacial score (nSPS) is 19.3. The number of carbonyl (C=O) groups is 1. The lowest BCUT2D eigenvalue weighted by Crippen LogP contribution is -2.34. The van der Waals surface area contributed by atoms with Gasteiger partial charge < -0.3 is 20.7 Å². The second-order valence-corrected chi connectivity index (χ2v) is 5.05. The largest absolute Gasteiger partial charge is 0.482 e. The lowest BCUT2D eigenvalue weighted by atomic mass is 10.1. The number of amides is 1. The van der Waals surface area contributed by atoms with E-state index in [0.717, 1.165) is 26.1 Å². The second-order valence-electron chi connectivity index (χ2n) is 5.05. The van der Waals surface area contributed by atoms with Crippen LogP contribution in [-0.4, -0.2) is 44.1 Å².